The van der Waals surface area contributed by atoms with Gasteiger partial charge in [0.2, 0.25) is 14.2 Å². The second-order valence-electron chi connectivity index (χ2n) is 6.20. The van der Waals surface area contributed by atoms with Gasteiger partial charge >= 0.3 is 0 Å². The lowest BCUT2D eigenvalue weighted by Crippen LogP contribution is -2.46. The molecule has 0 rings (SSSR count). The first kappa shape index (κ1) is 16.6. The smallest absolute Gasteiger partial charge is 0.242 e. The van der Waals surface area contributed by atoms with Crippen LogP contribution in [0.4, 0.5) is 0 Å². The number of nitrogens with one attached hydrogen (secondary N) is 1. The van der Waals surface area contributed by atoms with Crippen molar-refractivity contribution in [3.8, 4) is 0 Å². The molecule has 102 valence electrons. The predicted octanol–water partition coefficient (Wildman–Crippen LogP) is 4.01. The van der Waals surface area contributed by atoms with Crippen LogP contribution in [0.15, 0.2) is 0 Å². The number of carbonyl (C=O) groups is 1. The van der Waals surface area contributed by atoms with Crippen molar-refractivity contribution in [1.82, 2.24) is 5.48 Å². The molecule has 0 saturated carbocycles. The van der Waals surface area contributed by atoms with E-state index in [4.69, 9.17) is 4.53 Å². The van der Waals surface area contributed by atoms with Crippen LogP contribution in [-0.4, -0.2) is 14.2 Å². The van der Waals surface area contributed by atoms with E-state index in [2.05, 4.69) is 46.3 Å². The molecule has 0 saturated heterocycles. The number of unbranched alkanes of at least 4 members (excludes halogenated alkanes) is 3. The van der Waals surface area contributed by atoms with E-state index in [9.17, 15) is 4.79 Å². The first-order valence-corrected chi connectivity index (χ1v) is 9.58. The fraction of sp³-hybridized carbons (Fsp3) is 0.923. The van der Waals surface area contributed by atoms with Crippen molar-refractivity contribution < 1.29 is 9.32 Å². The van der Waals surface area contributed by atoms with Gasteiger partial charge in [0.05, 0.1) is 0 Å². The Morgan fingerprint density at radius 1 is 1.18 bits per heavy atom. The van der Waals surface area contributed by atoms with Gasteiger partial charge in [-0.05, 0) is 24.6 Å². The summed E-state index contributed by atoms with van der Waals surface area (Å²) in [5.74, 6) is 0.0194. The highest BCUT2D eigenvalue weighted by Crippen LogP contribution is 2.35. The third-order valence-corrected chi connectivity index (χ3v) is 7.71. The minimum absolute atomic E-state index is 0.0194. The normalized spacial score (nSPS) is 12.6. The summed E-state index contributed by atoms with van der Waals surface area (Å²) in [5, 5.41) is 0.127. The quantitative estimate of drug-likeness (QED) is 0.426. The van der Waals surface area contributed by atoms with Crippen LogP contribution in [0.5, 0.6) is 0 Å². The van der Waals surface area contributed by atoms with E-state index in [-0.39, 0.29) is 10.9 Å². The van der Waals surface area contributed by atoms with Crippen LogP contribution in [-0.2, 0) is 9.32 Å². The van der Waals surface area contributed by atoms with E-state index in [1.807, 2.05) is 0 Å². The Bertz CT molecular complexity index is 234. The fourth-order valence-corrected chi connectivity index (χ4v) is 1.78. The summed E-state index contributed by atoms with van der Waals surface area (Å²) < 4.78 is 5.65. The second-order valence-corrected chi connectivity index (χ2v) is 10.9. The average Bonchev–Trinajstić information content (AvgIpc) is 2.20. The van der Waals surface area contributed by atoms with Crippen LogP contribution >= 0.6 is 0 Å². The zero-order valence-electron chi connectivity index (χ0n) is 12.4. The molecule has 0 aromatic rings. The molecule has 4 heteroatoms. The van der Waals surface area contributed by atoms with Gasteiger partial charge in [0.15, 0.2) is 0 Å². The molecule has 1 N–H and O–H groups in total. The molecular formula is C13H29NO2Si. The average molecular weight is 259 g/mol. The van der Waals surface area contributed by atoms with Gasteiger partial charge in [0.1, 0.15) is 0 Å². The van der Waals surface area contributed by atoms with E-state index in [1.54, 1.807) is 0 Å². The van der Waals surface area contributed by atoms with Gasteiger partial charge < -0.3 is 4.53 Å². The van der Waals surface area contributed by atoms with Crippen LogP contribution in [0.1, 0.15) is 59.8 Å². The highest BCUT2D eigenvalue weighted by atomic mass is 28.4. The molecule has 0 aromatic carbocycles. The summed E-state index contributed by atoms with van der Waals surface area (Å²) >= 11 is 0. The number of hydroxylamine groups is 1. The largest absolute Gasteiger partial charge is 0.320 e. The molecule has 0 heterocycles. The predicted molar refractivity (Wildman–Crippen MR) is 75.2 cm³/mol. The Morgan fingerprint density at radius 3 is 2.24 bits per heavy atom. The topological polar surface area (TPSA) is 38.3 Å². The molecular weight excluding hydrogens is 230 g/mol. The molecule has 0 aliphatic rings. The third kappa shape index (κ3) is 6.84. The minimum atomic E-state index is -1.85. The summed E-state index contributed by atoms with van der Waals surface area (Å²) in [6.07, 6.45) is 5.07. The van der Waals surface area contributed by atoms with Crippen molar-refractivity contribution in [3.63, 3.8) is 0 Å². The molecule has 17 heavy (non-hydrogen) atoms. The number of hydrogen-bond donors (Lipinski definition) is 1. The molecule has 0 radical (unpaired) electrons. The zero-order valence-corrected chi connectivity index (χ0v) is 13.4. The molecule has 0 spiro atoms. The van der Waals surface area contributed by atoms with Crippen molar-refractivity contribution in [3.05, 3.63) is 0 Å². The maximum atomic E-state index is 11.6. The lowest BCUT2D eigenvalue weighted by atomic mass is 10.1. The van der Waals surface area contributed by atoms with E-state index >= 15 is 0 Å². The Kier molecular flexibility index (Phi) is 7.01. The van der Waals surface area contributed by atoms with Gasteiger partial charge in [-0.25, -0.2) is 5.48 Å². The van der Waals surface area contributed by atoms with Gasteiger partial charge in [-0.1, -0.05) is 47.0 Å². The Morgan fingerprint density at radius 2 is 1.76 bits per heavy atom. The number of carbonyl (C=O) groups excluding carboxylic acids is 1. The first-order valence-electron chi connectivity index (χ1n) is 6.67. The summed E-state index contributed by atoms with van der Waals surface area (Å²) in [6, 6.07) is 0. The van der Waals surface area contributed by atoms with Crippen LogP contribution < -0.4 is 5.48 Å². The summed E-state index contributed by atoms with van der Waals surface area (Å²) in [6.45, 7) is 12.9. The highest BCUT2D eigenvalue weighted by molar-refractivity contribution is 6.74. The molecule has 1 amide bonds. The maximum Gasteiger partial charge on any atom is 0.242 e. The third-order valence-electron chi connectivity index (χ3n) is 3.48. The van der Waals surface area contributed by atoms with Gasteiger partial charge in [-0.15, -0.1) is 0 Å². The minimum Gasteiger partial charge on any atom is -0.320 e. The van der Waals surface area contributed by atoms with E-state index in [0.29, 0.717) is 6.42 Å². The number of rotatable bonds is 7. The van der Waals surface area contributed by atoms with Gasteiger partial charge in [0, 0.05) is 6.42 Å². The van der Waals surface area contributed by atoms with Crippen molar-refractivity contribution >= 4 is 14.2 Å². The molecule has 3 nitrogen and oxygen atoms in total. The summed E-state index contributed by atoms with van der Waals surface area (Å²) in [7, 11) is -1.85. The van der Waals surface area contributed by atoms with Gasteiger partial charge in [0.25, 0.3) is 0 Å². The lowest BCUT2D eigenvalue weighted by molar-refractivity contribution is -0.128. The highest BCUT2D eigenvalue weighted by Gasteiger charge is 2.38. The molecule has 0 aromatic heterocycles. The van der Waals surface area contributed by atoms with Crippen molar-refractivity contribution in [2.24, 2.45) is 0 Å². The number of hydrogen-bond acceptors (Lipinski definition) is 2. The first-order chi connectivity index (χ1) is 7.70. The molecule has 0 fully saturated rings. The maximum absolute atomic E-state index is 11.6. The second kappa shape index (κ2) is 7.16. The van der Waals surface area contributed by atoms with Crippen LogP contribution in [0.3, 0.4) is 0 Å². The lowest BCUT2D eigenvalue weighted by Gasteiger charge is -2.35. The Balaban J connectivity index is 3.84. The van der Waals surface area contributed by atoms with Crippen LogP contribution in [0, 0.1) is 0 Å². The van der Waals surface area contributed by atoms with E-state index < -0.39 is 8.32 Å². The molecule has 0 atom stereocenters. The monoisotopic (exact) mass is 259 g/mol. The van der Waals surface area contributed by atoms with E-state index in [1.165, 1.54) is 12.8 Å². The van der Waals surface area contributed by atoms with E-state index in [0.717, 1.165) is 12.8 Å². The molecule has 0 bridgehead atoms. The van der Waals surface area contributed by atoms with Crippen LogP contribution in [0.2, 0.25) is 18.1 Å². The number of amides is 1. The van der Waals surface area contributed by atoms with Crippen molar-refractivity contribution in [1.29, 1.82) is 0 Å². The van der Waals surface area contributed by atoms with Crippen LogP contribution in [0.25, 0.3) is 0 Å². The SMILES string of the molecule is CCCCCCC(=O)NO[Si](C)(C)C(C)(C)C. The van der Waals surface area contributed by atoms with Crippen molar-refractivity contribution in [2.75, 3.05) is 0 Å². The fourth-order valence-electron chi connectivity index (χ4n) is 1.10. The molecule has 0 unspecified atom stereocenters. The van der Waals surface area contributed by atoms with Crippen molar-refractivity contribution in [2.45, 2.75) is 77.9 Å². The summed E-state index contributed by atoms with van der Waals surface area (Å²) in [5.41, 5.74) is 2.63. The zero-order chi connectivity index (χ0) is 13.5. The molecule has 0 aliphatic heterocycles. The summed E-state index contributed by atoms with van der Waals surface area (Å²) in [4.78, 5) is 11.6. The van der Waals surface area contributed by atoms with Gasteiger partial charge in [-0.3, -0.25) is 4.79 Å². The Hall–Kier alpha value is -0.353. The molecule has 0 aliphatic carbocycles. The standard InChI is InChI=1S/C13H29NO2Si/c1-7-8-9-10-11-12(15)14-16-17(5,6)13(2,3)4/h7-11H2,1-6H3,(H,14,15). The Labute approximate surface area is 107 Å². The van der Waals surface area contributed by atoms with Gasteiger partial charge in [-0.2, -0.15) is 0 Å².